The lowest BCUT2D eigenvalue weighted by Gasteiger charge is -2.14. The summed E-state index contributed by atoms with van der Waals surface area (Å²) >= 11 is 0. The van der Waals surface area contributed by atoms with Gasteiger partial charge in [0.15, 0.2) is 11.0 Å². The van der Waals surface area contributed by atoms with Crippen LogP contribution < -0.4 is 10.7 Å². The molecule has 0 aliphatic heterocycles. The van der Waals surface area contributed by atoms with Gasteiger partial charge in [0.05, 0.1) is 17.1 Å². The van der Waals surface area contributed by atoms with Crippen molar-refractivity contribution in [3.8, 4) is 11.3 Å². The first kappa shape index (κ1) is 21.6. The molecule has 34 heavy (non-hydrogen) atoms. The van der Waals surface area contributed by atoms with Crippen molar-refractivity contribution in [3.05, 3.63) is 118 Å². The van der Waals surface area contributed by atoms with Crippen LogP contribution in [0.4, 0.5) is 0 Å². The van der Waals surface area contributed by atoms with Gasteiger partial charge < -0.3 is 14.8 Å². The first-order valence-corrected chi connectivity index (χ1v) is 11.1. The third-order valence-corrected chi connectivity index (χ3v) is 6.04. The number of aliphatic hydroxyl groups is 1. The second-order valence-electron chi connectivity index (χ2n) is 8.27. The number of carbonyl (C=O) groups is 1. The lowest BCUT2D eigenvalue weighted by molar-refractivity contribution is 0.0917. The van der Waals surface area contributed by atoms with Crippen LogP contribution in [0.5, 0.6) is 0 Å². The molecule has 0 bridgehead atoms. The molecule has 1 amide bonds. The summed E-state index contributed by atoms with van der Waals surface area (Å²) in [5.41, 5.74) is 2.27. The molecule has 0 aliphatic carbocycles. The van der Waals surface area contributed by atoms with Crippen LogP contribution >= 0.6 is 0 Å². The standard InChI is InChI=1S/C29H23NO4/c1-18-26(32)23-12-7-13-24(28(23)34-27(18)20-9-3-2-4-10-20)29(33)30-17-25(31)22-15-14-19-8-5-6-11-21(19)16-22/h2-16,25,31H,17H2,1H3,(H,30,33). The molecule has 0 aliphatic rings. The summed E-state index contributed by atoms with van der Waals surface area (Å²) in [6, 6.07) is 27.9. The Morgan fingerprint density at radius 1 is 0.912 bits per heavy atom. The van der Waals surface area contributed by atoms with Gasteiger partial charge in [-0.1, -0.05) is 72.8 Å². The van der Waals surface area contributed by atoms with Gasteiger partial charge in [-0.25, -0.2) is 0 Å². The van der Waals surface area contributed by atoms with E-state index in [1.54, 1.807) is 25.1 Å². The Balaban J connectivity index is 1.44. The highest BCUT2D eigenvalue weighted by Gasteiger charge is 2.19. The summed E-state index contributed by atoms with van der Waals surface area (Å²) in [7, 11) is 0. The highest BCUT2D eigenvalue weighted by molar-refractivity contribution is 6.05. The van der Waals surface area contributed by atoms with Gasteiger partial charge in [-0.05, 0) is 41.5 Å². The second kappa shape index (κ2) is 8.96. The fourth-order valence-electron chi connectivity index (χ4n) is 4.17. The number of amides is 1. The van der Waals surface area contributed by atoms with E-state index in [2.05, 4.69) is 5.32 Å². The Hall–Kier alpha value is -4.22. The highest BCUT2D eigenvalue weighted by Crippen LogP contribution is 2.27. The van der Waals surface area contributed by atoms with E-state index in [1.807, 2.05) is 72.8 Å². The number of para-hydroxylation sites is 1. The van der Waals surface area contributed by atoms with Crippen LogP contribution in [-0.2, 0) is 0 Å². The summed E-state index contributed by atoms with van der Waals surface area (Å²) < 4.78 is 6.13. The highest BCUT2D eigenvalue weighted by atomic mass is 16.3. The third-order valence-electron chi connectivity index (χ3n) is 6.04. The number of fused-ring (bicyclic) bond motifs is 2. The fraction of sp³-hybridized carbons (Fsp3) is 0.103. The van der Waals surface area contributed by atoms with Gasteiger partial charge in [-0.15, -0.1) is 0 Å². The SMILES string of the molecule is Cc1c(-c2ccccc2)oc2c(C(=O)NCC(O)c3ccc4ccccc4c3)cccc2c1=O. The summed E-state index contributed by atoms with van der Waals surface area (Å²) in [6.07, 6.45) is -0.877. The van der Waals surface area contributed by atoms with Crippen LogP contribution in [0.2, 0.25) is 0 Å². The fourth-order valence-corrected chi connectivity index (χ4v) is 4.17. The van der Waals surface area contributed by atoms with Crippen LogP contribution in [-0.4, -0.2) is 17.6 Å². The minimum absolute atomic E-state index is 0.0230. The number of benzene rings is 4. The molecule has 5 heteroatoms. The molecule has 0 spiro atoms. The molecule has 1 aromatic heterocycles. The topological polar surface area (TPSA) is 79.5 Å². The molecule has 0 radical (unpaired) electrons. The molecule has 0 fully saturated rings. The van der Waals surface area contributed by atoms with Crippen LogP contribution in [0.25, 0.3) is 33.1 Å². The van der Waals surface area contributed by atoms with Crippen molar-refractivity contribution in [1.82, 2.24) is 5.32 Å². The van der Waals surface area contributed by atoms with Crippen LogP contribution in [0, 0.1) is 6.92 Å². The summed E-state index contributed by atoms with van der Waals surface area (Å²) in [4.78, 5) is 26.1. The van der Waals surface area contributed by atoms with Crippen molar-refractivity contribution in [2.24, 2.45) is 0 Å². The zero-order valence-corrected chi connectivity index (χ0v) is 18.6. The molecular weight excluding hydrogens is 426 g/mol. The first-order valence-electron chi connectivity index (χ1n) is 11.1. The van der Waals surface area contributed by atoms with Gasteiger partial charge in [-0.3, -0.25) is 9.59 Å². The molecule has 168 valence electrons. The van der Waals surface area contributed by atoms with Gasteiger partial charge in [0.1, 0.15) is 5.76 Å². The van der Waals surface area contributed by atoms with E-state index in [0.717, 1.165) is 16.3 Å². The zero-order valence-electron chi connectivity index (χ0n) is 18.6. The quantitative estimate of drug-likeness (QED) is 0.377. The lowest BCUT2D eigenvalue weighted by atomic mass is 10.0. The maximum Gasteiger partial charge on any atom is 0.255 e. The second-order valence-corrected chi connectivity index (χ2v) is 8.27. The number of hydrogen-bond donors (Lipinski definition) is 2. The summed E-state index contributed by atoms with van der Waals surface area (Å²) in [5, 5.41) is 15.9. The molecule has 1 atom stereocenters. The summed E-state index contributed by atoms with van der Waals surface area (Å²) in [5.74, 6) is 0.0194. The molecule has 5 rings (SSSR count). The minimum atomic E-state index is -0.877. The van der Waals surface area contributed by atoms with E-state index >= 15 is 0 Å². The molecule has 0 saturated heterocycles. The average Bonchev–Trinajstić information content (AvgIpc) is 2.89. The number of nitrogens with one attached hydrogen (secondary N) is 1. The Labute approximate surface area is 196 Å². The molecule has 1 unspecified atom stereocenters. The first-order chi connectivity index (χ1) is 16.5. The molecule has 2 N–H and O–H groups in total. The largest absolute Gasteiger partial charge is 0.455 e. The number of carbonyl (C=O) groups excluding carboxylic acids is 1. The van der Waals surface area contributed by atoms with Crippen LogP contribution in [0.3, 0.4) is 0 Å². The van der Waals surface area contributed by atoms with E-state index in [9.17, 15) is 14.7 Å². The van der Waals surface area contributed by atoms with E-state index < -0.39 is 12.0 Å². The van der Waals surface area contributed by atoms with Crippen molar-refractivity contribution < 1.29 is 14.3 Å². The monoisotopic (exact) mass is 449 g/mol. The smallest absolute Gasteiger partial charge is 0.255 e. The van der Waals surface area contributed by atoms with Crippen molar-refractivity contribution in [1.29, 1.82) is 0 Å². The molecule has 4 aromatic carbocycles. The van der Waals surface area contributed by atoms with Crippen molar-refractivity contribution >= 4 is 27.6 Å². The van der Waals surface area contributed by atoms with Gasteiger partial charge in [0.25, 0.3) is 5.91 Å². The number of aliphatic hydroxyl groups excluding tert-OH is 1. The Bertz CT molecular complexity index is 1570. The van der Waals surface area contributed by atoms with Crippen molar-refractivity contribution in [2.45, 2.75) is 13.0 Å². The van der Waals surface area contributed by atoms with Gasteiger partial charge in [0, 0.05) is 17.7 Å². The summed E-state index contributed by atoms with van der Waals surface area (Å²) in [6.45, 7) is 1.75. The van der Waals surface area contributed by atoms with Gasteiger partial charge in [-0.2, -0.15) is 0 Å². The van der Waals surface area contributed by atoms with Crippen LogP contribution in [0.15, 0.2) is 100 Å². The third kappa shape index (κ3) is 3.98. The molecule has 1 heterocycles. The predicted octanol–water partition coefficient (Wildman–Crippen LogP) is 5.39. The zero-order chi connectivity index (χ0) is 23.7. The maximum atomic E-state index is 13.1. The maximum absolute atomic E-state index is 13.1. The molecule has 5 aromatic rings. The van der Waals surface area contributed by atoms with E-state index in [4.69, 9.17) is 4.42 Å². The normalized spacial score (nSPS) is 12.1. The van der Waals surface area contributed by atoms with Crippen molar-refractivity contribution in [3.63, 3.8) is 0 Å². The van der Waals surface area contributed by atoms with E-state index in [0.29, 0.717) is 22.3 Å². The molecule has 5 nitrogen and oxygen atoms in total. The Morgan fingerprint density at radius 3 is 2.44 bits per heavy atom. The number of hydrogen-bond acceptors (Lipinski definition) is 4. The van der Waals surface area contributed by atoms with Crippen LogP contribution in [0.1, 0.15) is 27.6 Å². The van der Waals surface area contributed by atoms with E-state index in [-0.39, 0.29) is 23.1 Å². The Kier molecular flexibility index (Phi) is 5.70. The predicted molar refractivity (Wildman–Crippen MR) is 134 cm³/mol. The Morgan fingerprint density at radius 2 is 1.65 bits per heavy atom. The minimum Gasteiger partial charge on any atom is -0.455 e. The van der Waals surface area contributed by atoms with E-state index in [1.165, 1.54) is 0 Å². The van der Waals surface area contributed by atoms with Gasteiger partial charge >= 0.3 is 0 Å². The van der Waals surface area contributed by atoms with Gasteiger partial charge in [0.2, 0.25) is 0 Å². The van der Waals surface area contributed by atoms with Crippen molar-refractivity contribution in [2.75, 3.05) is 6.54 Å². The molecule has 0 saturated carbocycles. The number of rotatable bonds is 5. The average molecular weight is 450 g/mol. The lowest BCUT2D eigenvalue weighted by Crippen LogP contribution is -2.28. The molecular formula is C29H23NO4.